The molecule has 2 aromatic heterocycles. The lowest BCUT2D eigenvalue weighted by atomic mass is 10.1. The minimum atomic E-state index is -4.48. The molecule has 2 heterocycles. The van der Waals surface area contributed by atoms with Gasteiger partial charge < -0.3 is 0 Å². The normalized spacial score (nSPS) is 11.4. The monoisotopic (exact) mass is 320 g/mol. The van der Waals surface area contributed by atoms with Crippen LogP contribution in [0.15, 0.2) is 36.4 Å². The van der Waals surface area contributed by atoms with E-state index in [0.717, 1.165) is 0 Å². The number of nitriles is 1. The van der Waals surface area contributed by atoms with Gasteiger partial charge in [-0.2, -0.15) is 28.7 Å². The first-order chi connectivity index (χ1) is 10.5. The van der Waals surface area contributed by atoms with Gasteiger partial charge in [0.1, 0.15) is 16.6 Å². The second kappa shape index (κ2) is 5.27. The Labute approximate surface area is 126 Å². The number of aromatic amines is 1. The third-order valence-corrected chi connectivity index (χ3v) is 4.15. The molecule has 0 radical (unpaired) electrons. The molecule has 0 aliphatic heterocycles. The maximum Gasteiger partial charge on any atom is 0.426 e. The predicted molar refractivity (Wildman–Crippen MR) is 74.8 cm³/mol. The first-order valence-corrected chi connectivity index (χ1v) is 6.90. The highest BCUT2D eigenvalue weighted by Gasteiger charge is 2.37. The van der Waals surface area contributed by atoms with Crippen LogP contribution in [0.4, 0.5) is 13.2 Å². The molecule has 8 heteroatoms. The minimum absolute atomic E-state index is 0.0328. The fraction of sp³-hybridized carbons (Fsp3) is 0.0714. The Hall–Kier alpha value is -2.66. The molecule has 4 nitrogen and oxygen atoms in total. The van der Waals surface area contributed by atoms with Crippen LogP contribution in [0.1, 0.15) is 10.6 Å². The molecule has 110 valence electrons. The number of thiophene rings is 1. The Kier molecular flexibility index (Phi) is 3.42. The molecule has 0 aliphatic rings. The molecule has 0 unspecified atom stereocenters. The van der Waals surface area contributed by atoms with Gasteiger partial charge in [-0.25, -0.2) is 0 Å². The number of aromatic nitrogens is 3. The van der Waals surface area contributed by atoms with Crippen molar-refractivity contribution in [3.63, 3.8) is 0 Å². The van der Waals surface area contributed by atoms with E-state index in [1.807, 2.05) is 0 Å². The molecule has 0 fully saturated rings. The molecule has 22 heavy (non-hydrogen) atoms. The van der Waals surface area contributed by atoms with Gasteiger partial charge in [0.2, 0.25) is 0 Å². The van der Waals surface area contributed by atoms with Crippen molar-refractivity contribution in [1.29, 1.82) is 5.26 Å². The van der Waals surface area contributed by atoms with Gasteiger partial charge in [-0.3, -0.25) is 0 Å². The molecule has 0 saturated heterocycles. The van der Waals surface area contributed by atoms with E-state index >= 15 is 0 Å². The maximum atomic E-state index is 13.3. The van der Waals surface area contributed by atoms with Crippen molar-refractivity contribution in [2.45, 2.75) is 6.18 Å². The largest absolute Gasteiger partial charge is 0.426 e. The SMILES string of the molecule is N#Cc1n[nH]nc1-c1cc(-c2ccccc2)c(C(F)(F)F)s1. The quantitative estimate of drug-likeness (QED) is 0.773. The molecule has 0 saturated carbocycles. The standard InChI is InChI=1S/C14H7F3N4S/c15-14(16,17)13-9(8-4-2-1-3-5-8)6-11(22-13)12-10(7-18)19-21-20-12/h1-6H,(H,19,20,21). The zero-order valence-electron chi connectivity index (χ0n) is 10.8. The maximum absolute atomic E-state index is 13.3. The number of benzene rings is 1. The average Bonchev–Trinajstić information content (AvgIpc) is 3.13. The van der Waals surface area contributed by atoms with Crippen molar-refractivity contribution in [3.8, 4) is 27.8 Å². The summed E-state index contributed by atoms with van der Waals surface area (Å²) in [6, 6.07) is 11.5. The van der Waals surface area contributed by atoms with E-state index in [9.17, 15) is 13.2 Å². The fourth-order valence-corrected chi connectivity index (χ4v) is 3.07. The van der Waals surface area contributed by atoms with E-state index in [1.165, 1.54) is 6.07 Å². The van der Waals surface area contributed by atoms with Crippen LogP contribution in [0.2, 0.25) is 0 Å². The first-order valence-electron chi connectivity index (χ1n) is 6.08. The van der Waals surface area contributed by atoms with Crippen LogP contribution in [0.3, 0.4) is 0 Å². The molecule has 0 aliphatic carbocycles. The molecule has 1 N–H and O–H groups in total. The minimum Gasteiger partial charge on any atom is -0.196 e. The van der Waals surface area contributed by atoms with Gasteiger partial charge in [-0.15, -0.1) is 16.4 Å². The molecular weight excluding hydrogens is 313 g/mol. The number of hydrogen-bond donors (Lipinski definition) is 1. The lowest BCUT2D eigenvalue weighted by Gasteiger charge is -2.07. The Morgan fingerprint density at radius 1 is 1.14 bits per heavy atom. The summed E-state index contributed by atoms with van der Waals surface area (Å²) in [6.07, 6.45) is -4.48. The number of nitrogens with zero attached hydrogens (tertiary/aromatic N) is 3. The lowest BCUT2D eigenvalue weighted by Crippen LogP contribution is -2.03. The Morgan fingerprint density at radius 2 is 1.86 bits per heavy atom. The summed E-state index contributed by atoms with van der Waals surface area (Å²) in [5, 5.41) is 18.6. The van der Waals surface area contributed by atoms with Crippen molar-refractivity contribution >= 4 is 11.3 Å². The van der Waals surface area contributed by atoms with E-state index in [2.05, 4.69) is 15.4 Å². The van der Waals surface area contributed by atoms with Gasteiger partial charge in [0.25, 0.3) is 0 Å². The van der Waals surface area contributed by atoms with Crippen LogP contribution in [-0.4, -0.2) is 15.4 Å². The Bertz CT molecular complexity index is 843. The number of alkyl halides is 3. The summed E-state index contributed by atoms with van der Waals surface area (Å²) < 4.78 is 39.8. The van der Waals surface area contributed by atoms with Gasteiger partial charge in [0, 0.05) is 5.56 Å². The zero-order valence-corrected chi connectivity index (χ0v) is 11.7. The Balaban J connectivity index is 2.21. The third kappa shape index (κ3) is 2.46. The fourth-order valence-electron chi connectivity index (χ4n) is 2.03. The topological polar surface area (TPSA) is 65.4 Å². The second-order valence-electron chi connectivity index (χ2n) is 4.35. The van der Waals surface area contributed by atoms with Crippen LogP contribution in [-0.2, 0) is 6.18 Å². The summed E-state index contributed by atoms with van der Waals surface area (Å²) in [4.78, 5) is -0.475. The molecule has 3 aromatic rings. The van der Waals surface area contributed by atoms with Crippen LogP contribution >= 0.6 is 11.3 Å². The summed E-state index contributed by atoms with van der Waals surface area (Å²) >= 11 is 0.550. The van der Waals surface area contributed by atoms with Gasteiger partial charge in [0.05, 0.1) is 4.88 Å². The smallest absolute Gasteiger partial charge is 0.196 e. The summed E-state index contributed by atoms with van der Waals surface area (Å²) in [6.45, 7) is 0. The third-order valence-electron chi connectivity index (χ3n) is 2.96. The van der Waals surface area contributed by atoms with Crippen molar-refractivity contribution < 1.29 is 13.2 Å². The highest BCUT2D eigenvalue weighted by atomic mass is 32.1. The van der Waals surface area contributed by atoms with E-state index in [0.29, 0.717) is 16.9 Å². The van der Waals surface area contributed by atoms with Crippen LogP contribution in [0, 0.1) is 11.3 Å². The molecule has 0 atom stereocenters. The van der Waals surface area contributed by atoms with E-state index in [-0.39, 0.29) is 21.8 Å². The number of hydrogen-bond acceptors (Lipinski definition) is 4. The number of H-pyrrole nitrogens is 1. The van der Waals surface area contributed by atoms with E-state index in [4.69, 9.17) is 5.26 Å². The summed E-state index contributed by atoms with van der Waals surface area (Å²) in [7, 11) is 0. The van der Waals surface area contributed by atoms with Crippen LogP contribution < -0.4 is 0 Å². The predicted octanol–water partition coefficient (Wildman–Crippen LogP) is 4.09. The number of halogens is 3. The summed E-state index contributed by atoms with van der Waals surface area (Å²) in [5.41, 5.74) is 0.620. The molecule has 1 aromatic carbocycles. The summed E-state index contributed by atoms with van der Waals surface area (Å²) in [5.74, 6) is 0. The van der Waals surface area contributed by atoms with Crippen molar-refractivity contribution in [1.82, 2.24) is 15.4 Å². The number of rotatable bonds is 2. The van der Waals surface area contributed by atoms with Crippen LogP contribution in [0.25, 0.3) is 21.7 Å². The molecule has 3 rings (SSSR count). The highest BCUT2D eigenvalue weighted by molar-refractivity contribution is 7.16. The van der Waals surface area contributed by atoms with E-state index in [1.54, 1.807) is 36.4 Å². The van der Waals surface area contributed by atoms with Gasteiger partial charge in [-0.1, -0.05) is 30.3 Å². The molecule has 0 amide bonds. The van der Waals surface area contributed by atoms with Gasteiger partial charge >= 0.3 is 6.18 Å². The molecular formula is C14H7F3N4S. The van der Waals surface area contributed by atoms with Crippen molar-refractivity contribution in [3.05, 3.63) is 47.0 Å². The zero-order chi connectivity index (χ0) is 15.7. The van der Waals surface area contributed by atoms with E-state index < -0.39 is 11.1 Å². The van der Waals surface area contributed by atoms with Gasteiger partial charge in [0.15, 0.2) is 5.69 Å². The van der Waals surface area contributed by atoms with Gasteiger partial charge in [-0.05, 0) is 11.6 Å². The first kappa shape index (κ1) is 14.3. The lowest BCUT2D eigenvalue weighted by molar-refractivity contribution is -0.133. The second-order valence-corrected chi connectivity index (χ2v) is 5.40. The van der Waals surface area contributed by atoms with Crippen LogP contribution in [0.5, 0.6) is 0 Å². The molecule has 0 bridgehead atoms. The molecule has 0 spiro atoms. The highest BCUT2D eigenvalue weighted by Crippen LogP contribution is 2.45. The van der Waals surface area contributed by atoms with Crippen molar-refractivity contribution in [2.75, 3.05) is 0 Å². The van der Waals surface area contributed by atoms with Crippen molar-refractivity contribution in [2.24, 2.45) is 0 Å². The average molecular weight is 320 g/mol. The number of nitrogens with one attached hydrogen (secondary N) is 1. The Morgan fingerprint density at radius 3 is 2.50 bits per heavy atom.